The van der Waals surface area contributed by atoms with Gasteiger partial charge in [0.25, 0.3) is 0 Å². The van der Waals surface area contributed by atoms with Gasteiger partial charge in [0.1, 0.15) is 5.69 Å². The van der Waals surface area contributed by atoms with E-state index in [1.807, 2.05) is 12.2 Å². The van der Waals surface area contributed by atoms with E-state index in [9.17, 15) is 4.79 Å². The normalized spacial score (nSPS) is 20.1. The van der Waals surface area contributed by atoms with E-state index >= 15 is 0 Å². The predicted molar refractivity (Wildman–Crippen MR) is 96.1 cm³/mol. The molecule has 2 aliphatic rings. The second-order valence-electron chi connectivity index (χ2n) is 5.07. The predicted octanol–water partition coefficient (Wildman–Crippen LogP) is 3.77. The molecule has 0 bridgehead atoms. The number of hydrogen-bond donors (Lipinski definition) is 0. The average Bonchev–Trinajstić information content (AvgIpc) is 2.85. The number of methoxy groups -OCH3 is 1. The summed E-state index contributed by atoms with van der Waals surface area (Å²) in [5.74, 6) is 0.0791. The summed E-state index contributed by atoms with van der Waals surface area (Å²) in [5, 5.41) is 0.642. The molecule has 0 spiro atoms. The van der Waals surface area contributed by atoms with Crippen LogP contribution in [0.3, 0.4) is 0 Å². The Balaban J connectivity index is 1.82. The van der Waals surface area contributed by atoms with Crippen molar-refractivity contribution in [2.75, 3.05) is 7.11 Å². The first kappa shape index (κ1) is 16.9. The van der Waals surface area contributed by atoms with Crippen LogP contribution >= 0.6 is 27.5 Å². The van der Waals surface area contributed by atoms with E-state index in [-0.39, 0.29) is 5.97 Å². The lowest BCUT2D eigenvalue weighted by atomic mass is 10.1. The molecule has 1 aromatic rings. The third kappa shape index (κ3) is 3.57. The highest BCUT2D eigenvalue weighted by Crippen LogP contribution is 2.30. The van der Waals surface area contributed by atoms with Gasteiger partial charge in [0, 0.05) is 35.7 Å². The molecule has 1 atom stereocenters. The fourth-order valence-corrected chi connectivity index (χ4v) is 2.83. The van der Waals surface area contributed by atoms with Crippen molar-refractivity contribution in [3.63, 3.8) is 0 Å². The molecule has 0 aromatic carbocycles. The number of aliphatic imine (C=N–C) groups is 2. The molecule has 0 radical (unpaired) electrons. The van der Waals surface area contributed by atoms with Gasteiger partial charge in [-0.3, -0.25) is 9.98 Å². The maximum absolute atomic E-state index is 11.5. The Bertz CT molecular complexity index is 821. The molecule has 2 aliphatic heterocycles. The highest BCUT2D eigenvalue weighted by atomic mass is 79.9. The number of carbonyl (C=O) groups excluding carboxylic acids is 1. The van der Waals surface area contributed by atoms with E-state index in [1.165, 1.54) is 7.11 Å². The standard InChI is InChI=1S/C16H13BrClN3O3/c1-23-16(22)12-5-3-9(7-20-12)13-14(17)24-15(21-13)10-2-4-11(18)8-19-6-10/h2-3,6-8,12H,4-5H2,1H3. The minimum absolute atomic E-state index is 0.356. The summed E-state index contributed by atoms with van der Waals surface area (Å²) in [5.41, 5.74) is 2.14. The molecule has 0 fully saturated rings. The molecule has 0 amide bonds. The minimum Gasteiger partial charge on any atom is -0.467 e. The molecule has 3 heterocycles. The van der Waals surface area contributed by atoms with Crippen molar-refractivity contribution in [1.82, 2.24) is 4.98 Å². The third-order valence-corrected chi connectivity index (χ3v) is 4.27. The molecule has 24 heavy (non-hydrogen) atoms. The topological polar surface area (TPSA) is 77.0 Å². The molecular weight excluding hydrogens is 398 g/mol. The number of nitrogens with zero attached hydrogens (tertiary/aromatic N) is 3. The lowest BCUT2D eigenvalue weighted by Crippen LogP contribution is -2.21. The van der Waals surface area contributed by atoms with Crippen LogP contribution in [0.4, 0.5) is 0 Å². The van der Waals surface area contributed by atoms with Gasteiger partial charge in [0.2, 0.25) is 5.89 Å². The summed E-state index contributed by atoms with van der Waals surface area (Å²) in [4.78, 5) is 24.3. The van der Waals surface area contributed by atoms with Crippen molar-refractivity contribution in [2.45, 2.75) is 18.9 Å². The summed E-state index contributed by atoms with van der Waals surface area (Å²) in [6.45, 7) is 0. The molecule has 1 aromatic heterocycles. The molecular formula is C16H13BrClN3O3. The molecule has 0 N–H and O–H groups in total. The van der Waals surface area contributed by atoms with E-state index in [4.69, 9.17) is 20.8 Å². The van der Waals surface area contributed by atoms with Gasteiger partial charge in [0.15, 0.2) is 10.7 Å². The van der Waals surface area contributed by atoms with E-state index < -0.39 is 6.04 Å². The van der Waals surface area contributed by atoms with Crippen molar-refractivity contribution in [1.29, 1.82) is 0 Å². The number of aromatic nitrogens is 1. The number of oxazole rings is 1. The Hall–Kier alpha value is -1.99. The van der Waals surface area contributed by atoms with Crippen molar-refractivity contribution in [2.24, 2.45) is 9.98 Å². The highest BCUT2D eigenvalue weighted by molar-refractivity contribution is 9.10. The first-order valence-electron chi connectivity index (χ1n) is 7.14. The van der Waals surface area contributed by atoms with Gasteiger partial charge in [-0.2, -0.15) is 0 Å². The zero-order chi connectivity index (χ0) is 17.1. The number of ether oxygens (including phenoxy) is 1. The first-order chi connectivity index (χ1) is 11.6. The van der Waals surface area contributed by atoms with Crippen molar-refractivity contribution in [3.8, 4) is 0 Å². The van der Waals surface area contributed by atoms with Gasteiger partial charge in [-0.1, -0.05) is 23.8 Å². The molecule has 0 saturated heterocycles. The fourth-order valence-electron chi connectivity index (χ4n) is 2.23. The van der Waals surface area contributed by atoms with E-state index in [0.717, 1.165) is 11.1 Å². The lowest BCUT2D eigenvalue weighted by molar-refractivity contribution is -0.141. The summed E-state index contributed by atoms with van der Waals surface area (Å²) in [7, 11) is 1.35. The van der Waals surface area contributed by atoms with E-state index in [1.54, 1.807) is 18.6 Å². The van der Waals surface area contributed by atoms with Crippen LogP contribution in [0.1, 0.15) is 24.4 Å². The number of carbonyl (C=O) groups is 1. The van der Waals surface area contributed by atoms with Crippen molar-refractivity contribution >= 4 is 57.1 Å². The van der Waals surface area contributed by atoms with E-state index in [2.05, 4.69) is 30.9 Å². The number of hydrogen-bond acceptors (Lipinski definition) is 6. The van der Waals surface area contributed by atoms with Gasteiger partial charge < -0.3 is 9.15 Å². The Morgan fingerprint density at radius 3 is 2.92 bits per heavy atom. The first-order valence-corrected chi connectivity index (χ1v) is 8.31. The van der Waals surface area contributed by atoms with Crippen LogP contribution in [-0.4, -0.2) is 36.5 Å². The zero-order valence-electron chi connectivity index (χ0n) is 12.7. The second kappa shape index (κ2) is 7.27. The highest BCUT2D eigenvalue weighted by Gasteiger charge is 2.23. The largest absolute Gasteiger partial charge is 0.467 e. The Morgan fingerprint density at radius 2 is 2.21 bits per heavy atom. The van der Waals surface area contributed by atoms with Crippen LogP contribution in [0.2, 0.25) is 0 Å². The average molecular weight is 411 g/mol. The molecule has 0 aliphatic carbocycles. The number of esters is 1. The van der Waals surface area contributed by atoms with Crippen LogP contribution in [0.15, 0.2) is 42.5 Å². The molecule has 6 nitrogen and oxygen atoms in total. The van der Waals surface area contributed by atoms with Crippen molar-refractivity contribution in [3.05, 3.63) is 39.6 Å². The van der Waals surface area contributed by atoms with Crippen molar-refractivity contribution < 1.29 is 13.9 Å². The summed E-state index contributed by atoms with van der Waals surface area (Å²) in [6, 6.07) is -0.506. The Morgan fingerprint density at radius 1 is 1.38 bits per heavy atom. The number of rotatable bonds is 3. The summed E-state index contributed by atoms with van der Waals surface area (Å²) in [6.07, 6.45) is 9.64. The van der Waals surface area contributed by atoms with Gasteiger partial charge in [-0.15, -0.1) is 0 Å². The smallest absolute Gasteiger partial charge is 0.330 e. The second-order valence-corrected chi connectivity index (χ2v) is 6.28. The maximum Gasteiger partial charge on any atom is 0.330 e. The SMILES string of the molecule is COC(=O)C1CC=C(c2nc(C3=CCC(Cl)=CN=C3)oc2Br)C=N1. The third-order valence-electron chi connectivity index (χ3n) is 3.48. The van der Waals surface area contributed by atoms with Crippen LogP contribution in [-0.2, 0) is 9.53 Å². The number of halogens is 2. The maximum atomic E-state index is 11.5. The quantitative estimate of drug-likeness (QED) is 0.711. The lowest BCUT2D eigenvalue weighted by Gasteiger charge is -2.12. The monoisotopic (exact) mass is 409 g/mol. The van der Waals surface area contributed by atoms with Gasteiger partial charge in [-0.25, -0.2) is 9.78 Å². The fraction of sp³-hybridized carbons (Fsp3) is 0.250. The summed E-state index contributed by atoms with van der Waals surface area (Å²) < 4.78 is 10.9. The molecule has 1 unspecified atom stereocenters. The van der Waals surface area contributed by atoms with Gasteiger partial charge >= 0.3 is 5.97 Å². The molecule has 124 valence electrons. The molecule has 3 rings (SSSR count). The van der Waals surface area contributed by atoms with Gasteiger partial charge in [0.05, 0.1) is 12.7 Å². The van der Waals surface area contributed by atoms with Crippen LogP contribution in [0.25, 0.3) is 11.1 Å². The van der Waals surface area contributed by atoms with E-state index in [0.29, 0.717) is 34.1 Å². The molecule has 0 saturated carbocycles. The van der Waals surface area contributed by atoms with Crippen LogP contribution in [0.5, 0.6) is 0 Å². The Labute approximate surface area is 151 Å². The molecule has 8 heteroatoms. The zero-order valence-corrected chi connectivity index (χ0v) is 15.0. The van der Waals surface area contributed by atoms with Crippen LogP contribution < -0.4 is 0 Å². The van der Waals surface area contributed by atoms with Gasteiger partial charge in [-0.05, 0) is 22.4 Å². The number of allylic oxidation sites excluding steroid dienone is 4. The van der Waals surface area contributed by atoms with Crippen LogP contribution in [0, 0.1) is 0 Å². The number of dihydropyridines is 1. The summed E-state index contributed by atoms with van der Waals surface area (Å²) >= 11 is 9.34. The Kier molecular flexibility index (Phi) is 5.11. The minimum atomic E-state index is -0.506.